The van der Waals surface area contributed by atoms with E-state index in [1.54, 1.807) is 0 Å². The molecule has 176 valence electrons. The fourth-order valence-electron chi connectivity index (χ4n) is 2.81. The zero-order valence-corrected chi connectivity index (χ0v) is 19.2. The molecule has 8 heteroatoms. The highest BCUT2D eigenvalue weighted by Crippen LogP contribution is 2.26. The van der Waals surface area contributed by atoms with Gasteiger partial charge < -0.3 is 25.1 Å². The number of nitrogens with zero attached hydrogens (tertiary/aromatic N) is 1. The molecule has 8 nitrogen and oxygen atoms in total. The van der Waals surface area contributed by atoms with Crippen LogP contribution in [0.4, 0.5) is 0 Å². The molecule has 32 heavy (non-hydrogen) atoms. The lowest BCUT2D eigenvalue weighted by Crippen LogP contribution is -2.33. The van der Waals surface area contributed by atoms with Crippen LogP contribution in [0.2, 0.25) is 0 Å². The van der Waals surface area contributed by atoms with Gasteiger partial charge in [0, 0.05) is 18.7 Å². The second-order valence-corrected chi connectivity index (χ2v) is 7.09. The van der Waals surface area contributed by atoms with Crippen molar-refractivity contribution < 1.29 is 28.9 Å². The minimum atomic E-state index is -0.786. The van der Waals surface area contributed by atoms with Crippen molar-refractivity contribution in [3.8, 4) is 17.2 Å². The van der Waals surface area contributed by atoms with Gasteiger partial charge in [0.05, 0.1) is 7.11 Å². The minimum Gasteiger partial charge on any atom is -0.503 e. The van der Waals surface area contributed by atoms with Crippen LogP contribution < -0.4 is 15.2 Å². The molecular formula is C24H34N2O6. The van der Waals surface area contributed by atoms with Gasteiger partial charge in [-0.3, -0.25) is 9.59 Å². The molecule has 0 radical (unpaired) electrons. The molecule has 0 fully saturated rings. The number of primary amides is 1. The highest BCUT2D eigenvalue weighted by molar-refractivity contribution is 5.94. The van der Waals surface area contributed by atoms with E-state index in [1.807, 2.05) is 44.2 Å². The number of hydrogen-bond donors (Lipinski definition) is 2. The summed E-state index contributed by atoms with van der Waals surface area (Å²) in [5.41, 5.74) is 4.74. The van der Waals surface area contributed by atoms with Crippen molar-refractivity contribution in [3.63, 3.8) is 0 Å². The Morgan fingerprint density at radius 3 is 2.38 bits per heavy atom. The smallest absolute Gasteiger partial charge is 0.305 e. The number of esters is 1. The molecule has 1 aromatic carbocycles. The number of pyridine rings is 1. The number of ether oxygens (including phenoxy) is 3. The lowest BCUT2D eigenvalue weighted by Gasteiger charge is -2.25. The number of carbonyl (C=O) groups is 2. The van der Waals surface area contributed by atoms with Gasteiger partial charge in [-0.25, -0.2) is 4.98 Å². The molecule has 0 aliphatic rings. The number of unbranched alkanes of at least 4 members (excludes halogenated alkanes) is 2. The van der Waals surface area contributed by atoms with Crippen molar-refractivity contribution in [1.82, 2.24) is 4.98 Å². The fraction of sp³-hybridized carbons (Fsp3) is 0.458. The van der Waals surface area contributed by atoms with Gasteiger partial charge in [0.1, 0.15) is 18.0 Å². The summed E-state index contributed by atoms with van der Waals surface area (Å²) in [6, 6.07) is 11.1. The summed E-state index contributed by atoms with van der Waals surface area (Å²) < 4.78 is 16.1. The van der Waals surface area contributed by atoms with Crippen LogP contribution in [0.3, 0.4) is 0 Å². The highest BCUT2D eigenvalue weighted by Gasteiger charge is 2.22. The van der Waals surface area contributed by atoms with E-state index in [9.17, 15) is 14.7 Å². The van der Waals surface area contributed by atoms with Crippen LogP contribution in [0.5, 0.6) is 17.2 Å². The molecule has 2 atom stereocenters. The maximum absolute atomic E-state index is 11.5. The average Bonchev–Trinajstić information content (AvgIpc) is 2.79. The Balaban J connectivity index is 0.000000363. The number of methoxy groups -OCH3 is 1. The summed E-state index contributed by atoms with van der Waals surface area (Å²) in [6.07, 6.45) is 5.65. The number of carbonyl (C=O) groups excluding carboxylic acids is 2. The van der Waals surface area contributed by atoms with Crippen molar-refractivity contribution in [1.29, 1.82) is 0 Å². The Labute approximate surface area is 189 Å². The van der Waals surface area contributed by atoms with Crippen LogP contribution in [-0.2, 0) is 9.53 Å². The van der Waals surface area contributed by atoms with Crippen molar-refractivity contribution >= 4 is 11.9 Å². The van der Waals surface area contributed by atoms with Gasteiger partial charge in [-0.15, -0.1) is 0 Å². The normalized spacial score (nSPS) is 12.0. The quantitative estimate of drug-likeness (QED) is 0.391. The molecule has 0 saturated heterocycles. The first kappa shape index (κ1) is 26.7. The molecule has 0 spiro atoms. The lowest BCUT2D eigenvalue weighted by atomic mass is 10.1. The topological polar surface area (TPSA) is 121 Å². The summed E-state index contributed by atoms with van der Waals surface area (Å²) in [5.74, 6) is -0.277. The number of aromatic nitrogens is 1. The van der Waals surface area contributed by atoms with E-state index in [2.05, 4.69) is 11.9 Å². The largest absolute Gasteiger partial charge is 0.503 e. The summed E-state index contributed by atoms with van der Waals surface area (Å²) in [7, 11) is 1.37. The Hall–Kier alpha value is -3.29. The third kappa shape index (κ3) is 9.24. The van der Waals surface area contributed by atoms with Crippen molar-refractivity contribution in [2.45, 2.75) is 65.1 Å². The van der Waals surface area contributed by atoms with E-state index < -0.39 is 5.91 Å². The van der Waals surface area contributed by atoms with Crippen LogP contribution in [0, 0.1) is 0 Å². The van der Waals surface area contributed by atoms with Gasteiger partial charge >= 0.3 is 5.97 Å². The van der Waals surface area contributed by atoms with E-state index >= 15 is 0 Å². The van der Waals surface area contributed by atoms with Crippen molar-refractivity contribution in [2.24, 2.45) is 5.73 Å². The van der Waals surface area contributed by atoms with Crippen LogP contribution in [0.15, 0.2) is 42.6 Å². The Bertz CT molecular complexity index is 828. The van der Waals surface area contributed by atoms with Crippen molar-refractivity contribution in [3.05, 3.63) is 48.3 Å². The SMILES string of the molecule is CCCCCC(OC(=O)CC)C(C)Oc1ccccc1.COc1ccnc(C(N)=O)c1O. The summed E-state index contributed by atoms with van der Waals surface area (Å²) in [4.78, 5) is 25.7. The molecule has 0 saturated carbocycles. The van der Waals surface area contributed by atoms with E-state index in [-0.39, 0.29) is 35.4 Å². The summed E-state index contributed by atoms with van der Waals surface area (Å²) >= 11 is 0. The van der Waals surface area contributed by atoms with Gasteiger partial charge in [-0.05, 0) is 31.9 Å². The number of rotatable bonds is 11. The first-order valence-electron chi connectivity index (χ1n) is 10.8. The van der Waals surface area contributed by atoms with E-state index in [0.717, 1.165) is 31.4 Å². The van der Waals surface area contributed by atoms with Gasteiger partial charge in [-0.2, -0.15) is 0 Å². The summed E-state index contributed by atoms with van der Waals surface area (Å²) in [5, 5.41) is 9.27. The van der Waals surface area contributed by atoms with Gasteiger partial charge in [-0.1, -0.05) is 44.9 Å². The third-order valence-electron chi connectivity index (χ3n) is 4.59. The summed E-state index contributed by atoms with van der Waals surface area (Å²) in [6.45, 7) is 5.94. The number of hydrogen-bond acceptors (Lipinski definition) is 7. The number of amides is 1. The first-order chi connectivity index (χ1) is 15.3. The second-order valence-electron chi connectivity index (χ2n) is 7.09. The van der Waals surface area contributed by atoms with E-state index in [0.29, 0.717) is 6.42 Å². The molecule has 2 rings (SSSR count). The highest BCUT2D eigenvalue weighted by atomic mass is 16.6. The van der Waals surface area contributed by atoms with Crippen LogP contribution >= 0.6 is 0 Å². The molecule has 1 amide bonds. The van der Waals surface area contributed by atoms with Crippen LogP contribution in [-0.4, -0.2) is 41.3 Å². The minimum absolute atomic E-state index is 0.134. The Morgan fingerprint density at radius 1 is 1.12 bits per heavy atom. The molecule has 2 unspecified atom stereocenters. The van der Waals surface area contributed by atoms with Gasteiger partial charge in [0.15, 0.2) is 17.2 Å². The third-order valence-corrected chi connectivity index (χ3v) is 4.59. The Kier molecular flexibility index (Phi) is 12.3. The fourth-order valence-corrected chi connectivity index (χ4v) is 2.81. The Morgan fingerprint density at radius 2 is 1.81 bits per heavy atom. The molecule has 0 aliphatic carbocycles. The van der Waals surface area contributed by atoms with Crippen LogP contribution in [0.25, 0.3) is 0 Å². The number of benzene rings is 1. The monoisotopic (exact) mass is 446 g/mol. The molecule has 2 aromatic rings. The zero-order chi connectivity index (χ0) is 23.9. The molecule has 0 bridgehead atoms. The number of aromatic hydroxyl groups is 1. The zero-order valence-electron chi connectivity index (χ0n) is 19.2. The van der Waals surface area contributed by atoms with Gasteiger partial charge in [0.25, 0.3) is 5.91 Å². The molecular weight excluding hydrogens is 412 g/mol. The molecule has 0 aliphatic heterocycles. The maximum Gasteiger partial charge on any atom is 0.305 e. The molecule has 3 N–H and O–H groups in total. The van der Waals surface area contributed by atoms with Crippen LogP contribution in [0.1, 0.15) is 63.4 Å². The van der Waals surface area contributed by atoms with E-state index in [4.69, 9.17) is 19.9 Å². The van der Waals surface area contributed by atoms with Crippen molar-refractivity contribution in [2.75, 3.05) is 7.11 Å². The number of nitrogens with two attached hydrogens (primary N) is 1. The standard InChI is InChI=1S/C17H26O3.C7H8N2O3/c1-4-6-8-13-16(20-17(18)5-2)14(3)19-15-11-9-7-10-12-15;1-12-4-2-3-9-5(6(4)10)7(8)11/h7,9-12,14,16H,4-6,8,13H2,1-3H3;2-3,10H,1H3,(H2,8,11). The predicted molar refractivity (Wildman–Crippen MR) is 122 cm³/mol. The molecule has 1 aromatic heterocycles. The van der Waals surface area contributed by atoms with Gasteiger partial charge in [0.2, 0.25) is 0 Å². The predicted octanol–water partition coefficient (Wildman–Crippen LogP) is 4.25. The lowest BCUT2D eigenvalue weighted by molar-refractivity contribution is -0.153. The maximum atomic E-state index is 11.5. The van der Waals surface area contributed by atoms with E-state index in [1.165, 1.54) is 19.4 Å². The molecule has 1 heterocycles. The average molecular weight is 447 g/mol. The first-order valence-corrected chi connectivity index (χ1v) is 10.8. The number of para-hydroxylation sites is 1. The second kappa shape index (κ2) is 14.7.